The molecule has 2 aromatic carbocycles. The van der Waals surface area contributed by atoms with Crippen molar-refractivity contribution < 1.29 is 9.53 Å². The van der Waals surface area contributed by atoms with Crippen LogP contribution in [-0.2, 0) is 11.2 Å². The molecule has 2 N–H and O–H groups in total. The normalized spacial score (nSPS) is 10.5. The number of amides is 1. The van der Waals surface area contributed by atoms with E-state index in [0.717, 1.165) is 17.9 Å². The minimum Gasteiger partial charge on any atom is -0.493 e. The highest BCUT2D eigenvalue weighted by atomic mass is 16.5. The average molecular weight is 326 g/mol. The molecular weight excluding hydrogens is 300 g/mol. The standard InChI is InChI=1S/C20H26N2O2/c1-16(2)15-24-19-10-6-9-18(13-19)22-14-20(23)21-12-11-17-7-4-3-5-8-17/h3-10,13,16,22H,11-12,14-15H2,1-2H3,(H,21,23). The van der Waals surface area contributed by atoms with Crippen LogP contribution in [0.5, 0.6) is 5.75 Å². The maximum atomic E-state index is 11.9. The molecule has 0 atom stereocenters. The Hall–Kier alpha value is -2.49. The Morgan fingerprint density at radius 2 is 1.88 bits per heavy atom. The van der Waals surface area contributed by atoms with Crippen LogP contribution in [0, 0.1) is 5.92 Å². The van der Waals surface area contributed by atoms with Crippen LogP contribution in [0.2, 0.25) is 0 Å². The molecule has 4 heteroatoms. The third-order valence-electron chi connectivity index (χ3n) is 3.45. The predicted octanol–water partition coefficient (Wildman–Crippen LogP) is 3.49. The lowest BCUT2D eigenvalue weighted by molar-refractivity contribution is -0.119. The number of hydrogen-bond donors (Lipinski definition) is 2. The van der Waals surface area contributed by atoms with E-state index in [-0.39, 0.29) is 12.5 Å². The summed E-state index contributed by atoms with van der Waals surface area (Å²) in [5.41, 5.74) is 2.11. The molecule has 2 aromatic rings. The number of hydrogen-bond acceptors (Lipinski definition) is 3. The van der Waals surface area contributed by atoms with Gasteiger partial charge in [0.05, 0.1) is 13.2 Å². The second kappa shape index (κ2) is 9.60. The van der Waals surface area contributed by atoms with Gasteiger partial charge in [-0.25, -0.2) is 0 Å². The molecule has 0 bridgehead atoms. The molecule has 0 aromatic heterocycles. The quantitative estimate of drug-likeness (QED) is 0.741. The summed E-state index contributed by atoms with van der Waals surface area (Å²) >= 11 is 0. The van der Waals surface area contributed by atoms with E-state index in [9.17, 15) is 4.79 Å². The number of anilines is 1. The molecule has 2 rings (SSSR count). The zero-order valence-electron chi connectivity index (χ0n) is 14.4. The zero-order chi connectivity index (χ0) is 17.2. The number of ether oxygens (including phenoxy) is 1. The first-order valence-corrected chi connectivity index (χ1v) is 8.41. The van der Waals surface area contributed by atoms with Gasteiger partial charge in [-0.3, -0.25) is 4.79 Å². The molecule has 0 aliphatic heterocycles. The highest BCUT2D eigenvalue weighted by Gasteiger charge is 2.03. The number of carbonyl (C=O) groups excluding carboxylic acids is 1. The molecule has 0 saturated heterocycles. The van der Waals surface area contributed by atoms with Crippen molar-refractivity contribution in [3.8, 4) is 5.75 Å². The van der Waals surface area contributed by atoms with Gasteiger partial charge in [0, 0.05) is 18.3 Å². The second-order valence-corrected chi connectivity index (χ2v) is 6.17. The molecule has 0 spiro atoms. The SMILES string of the molecule is CC(C)COc1cccc(NCC(=O)NCCc2ccccc2)c1. The van der Waals surface area contributed by atoms with Gasteiger partial charge in [-0.15, -0.1) is 0 Å². The van der Waals surface area contributed by atoms with E-state index in [1.165, 1.54) is 5.56 Å². The van der Waals surface area contributed by atoms with Crippen LogP contribution >= 0.6 is 0 Å². The molecule has 1 amide bonds. The second-order valence-electron chi connectivity index (χ2n) is 6.17. The van der Waals surface area contributed by atoms with Gasteiger partial charge in [0.2, 0.25) is 5.91 Å². The van der Waals surface area contributed by atoms with Crippen LogP contribution in [0.4, 0.5) is 5.69 Å². The third kappa shape index (κ3) is 6.73. The molecule has 128 valence electrons. The molecule has 0 unspecified atom stereocenters. The number of rotatable bonds is 9. The molecule has 24 heavy (non-hydrogen) atoms. The smallest absolute Gasteiger partial charge is 0.239 e. The Morgan fingerprint density at radius 1 is 1.08 bits per heavy atom. The summed E-state index contributed by atoms with van der Waals surface area (Å²) in [6.07, 6.45) is 0.838. The van der Waals surface area contributed by atoms with Gasteiger partial charge in [0.15, 0.2) is 0 Å². The summed E-state index contributed by atoms with van der Waals surface area (Å²) in [7, 11) is 0. The van der Waals surface area contributed by atoms with Crippen molar-refractivity contribution in [3.05, 3.63) is 60.2 Å². The molecule has 0 aliphatic carbocycles. The minimum atomic E-state index is -0.0144. The van der Waals surface area contributed by atoms with E-state index < -0.39 is 0 Å². The largest absolute Gasteiger partial charge is 0.493 e. The van der Waals surface area contributed by atoms with Crippen molar-refractivity contribution >= 4 is 11.6 Å². The lowest BCUT2D eigenvalue weighted by Crippen LogP contribution is -2.31. The zero-order valence-corrected chi connectivity index (χ0v) is 14.4. The van der Waals surface area contributed by atoms with Gasteiger partial charge in [-0.1, -0.05) is 50.2 Å². The molecule has 0 saturated carbocycles. The Labute approximate surface area is 144 Å². The van der Waals surface area contributed by atoms with Gasteiger partial charge >= 0.3 is 0 Å². The Balaban J connectivity index is 1.70. The number of carbonyl (C=O) groups is 1. The summed E-state index contributed by atoms with van der Waals surface area (Å²) in [4.78, 5) is 11.9. The lowest BCUT2D eigenvalue weighted by Gasteiger charge is -2.11. The molecular formula is C20H26N2O2. The van der Waals surface area contributed by atoms with Gasteiger partial charge < -0.3 is 15.4 Å². The molecule has 0 aliphatic rings. The Bertz CT molecular complexity index is 627. The summed E-state index contributed by atoms with van der Waals surface area (Å²) < 4.78 is 5.69. The highest BCUT2D eigenvalue weighted by molar-refractivity contribution is 5.80. The summed E-state index contributed by atoms with van der Waals surface area (Å²) in [5, 5.41) is 6.05. The van der Waals surface area contributed by atoms with Crippen molar-refractivity contribution in [2.24, 2.45) is 5.92 Å². The molecule has 0 fully saturated rings. The fraction of sp³-hybridized carbons (Fsp3) is 0.350. The lowest BCUT2D eigenvalue weighted by atomic mass is 10.1. The van der Waals surface area contributed by atoms with Crippen molar-refractivity contribution in [2.45, 2.75) is 20.3 Å². The molecule has 0 heterocycles. The molecule has 4 nitrogen and oxygen atoms in total. The van der Waals surface area contributed by atoms with Crippen LogP contribution in [-0.4, -0.2) is 25.6 Å². The first kappa shape index (κ1) is 17.9. The van der Waals surface area contributed by atoms with Crippen LogP contribution in [0.15, 0.2) is 54.6 Å². The fourth-order valence-corrected chi connectivity index (χ4v) is 2.19. The van der Waals surface area contributed by atoms with Crippen molar-refractivity contribution in [1.82, 2.24) is 5.32 Å². The van der Waals surface area contributed by atoms with E-state index in [1.54, 1.807) is 0 Å². The monoisotopic (exact) mass is 326 g/mol. The van der Waals surface area contributed by atoms with E-state index in [0.29, 0.717) is 19.1 Å². The number of benzene rings is 2. The maximum absolute atomic E-state index is 11.9. The van der Waals surface area contributed by atoms with Crippen LogP contribution < -0.4 is 15.4 Å². The van der Waals surface area contributed by atoms with E-state index >= 15 is 0 Å². The first-order chi connectivity index (χ1) is 11.6. The van der Waals surface area contributed by atoms with Crippen molar-refractivity contribution in [2.75, 3.05) is 25.0 Å². The van der Waals surface area contributed by atoms with E-state index in [4.69, 9.17) is 4.74 Å². The van der Waals surface area contributed by atoms with E-state index in [1.807, 2.05) is 42.5 Å². The van der Waals surface area contributed by atoms with Crippen molar-refractivity contribution in [1.29, 1.82) is 0 Å². The van der Waals surface area contributed by atoms with Crippen LogP contribution in [0.25, 0.3) is 0 Å². The van der Waals surface area contributed by atoms with Crippen LogP contribution in [0.3, 0.4) is 0 Å². The summed E-state index contributed by atoms with van der Waals surface area (Å²) in [6, 6.07) is 17.8. The molecule has 0 radical (unpaired) electrons. The average Bonchev–Trinajstić information content (AvgIpc) is 2.59. The van der Waals surface area contributed by atoms with Gasteiger partial charge in [-0.05, 0) is 30.0 Å². The Kier molecular flexibility index (Phi) is 7.15. The fourth-order valence-electron chi connectivity index (χ4n) is 2.19. The maximum Gasteiger partial charge on any atom is 0.239 e. The number of nitrogens with one attached hydrogen (secondary N) is 2. The predicted molar refractivity (Wildman–Crippen MR) is 98.4 cm³/mol. The first-order valence-electron chi connectivity index (χ1n) is 8.41. The van der Waals surface area contributed by atoms with Crippen molar-refractivity contribution in [3.63, 3.8) is 0 Å². The summed E-state index contributed by atoms with van der Waals surface area (Å²) in [5.74, 6) is 1.29. The Morgan fingerprint density at radius 3 is 2.62 bits per heavy atom. The van der Waals surface area contributed by atoms with E-state index in [2.05, 4.69) is 36.6 Å². The van der Waals surface area contributed by atoms with Gasteiger partial charge in [-0.2, -0.15) is 0 Å². The van der Waals surface area contributed by atoms with Crippen LogP contribution in [0.1, 0.15) is 19.4 Å². The third-order valence-corrected chi connectivity index (χ3v) is 3.45. The topological polar surface area (TPSA) is 50.4 Å². The summed E-state index contributed by atoms with van der Waals surface area (Å²) in [6.45, 7) is 5.80. The van der Waals surface area contributed by atoms with Gasteiger partial charge in [0.1, 0.15) is 5.75 Å². The highest BCUT2D eigenvalue weighted by Crippen LogP contribution is 2.17. The van der Waals surface area contributed by atoms with Gasteiger partial charge in [0.25, 0.3) is 0 Å². The minimum absolute atomic E-state index is 0.0144.